The van der Waals surface area contributed by atoms with Crippen LogP contribution in [-0.4, -0.2) is 41.7 Å². The number of thiazole rings is 1. The maximum absolute atomic E-state index is 14.2. The van der Waals surface area contributed by atoms with Crippen molar-refractivity contribution in [3.63, 3.8) is 0 Å². The highest BCUT2D eigenvalue weighted by Crippen LogP contribution is 2.35. The van der Waals surface area contributed by atoms with Gasteiger partial charge >= 0.3 is 0 Å². The van der Waals surface area contributed by atoms with Crippen LogP contribution in [0.5, 0.6) is 0 Å². The van der Waals surface area contributed by atoms with Crippen LogP contribution in [0.2, 0.25) is 0 Å². The highest BCUT2D eigenvalue weighted by Gasteiger charge is 2.36. The molecule has 198 valence electrons. The maximum atomic E-state index is 14.2. The van der Waals surface area contributed by atoms with Crippen molar-refractivity contribution in [2.75, 3.05) is 18.0 Å². The second-order valence-corrected chi connectivity index (χ2v) is 12.3. The number of piperidine rings is 1. The van der Waals surface area contributed by atoms with Gasteiger partial charge in [0.1, 0.15) is 16.5 Å². The molecule has 2 aromatic heterocycles. The summed E-state index contributed by atoms with van der Waals surface area (Å²) < 4.78 is 55.7. The van der Waals surface area contributed by atoms with Crippen LogP contribution in [0.1, 0.15) is 29.7 Å². The minimum atomic E-state index is -4.16. The number of rotatable bonds is 6. The van der Waals surface area contributed by atoms with Crippen LogP contribution in [0.15, 0.2) is 59.6 Å². The number of anilines is 1. The molecule has 38 heavy (non-hydrogen) atoms. The molecule has 1 saturated heterocycles. The molecule has 5 rings (SSSR count). The van der Waals surface area contributed by atoms with E-state index in [1.165, 1.54) is 11.3 Å². The normalized spacial score (nSPS) is 15.2. The lowest BCUT2D eigenvalue weighted by atomic mass is 9.96. The van der Waals surface area contributed by atoms with Gasteiger partial charge in [-0.2, -0.15) is 4.31 Å². The van der Waals surface area contributed by atoms with E-state index in [9.17, 15) is 22.0 Å². The zero-order chi connectivity index (χ0) is 27.0. The van der Waals surface area contributed by atoms with Crippen molar-refractivity contribution in [1.29, 1.82) is 0 Å². The second-order valence-electron chi connectivity index (χ2n) is 9.35. The standard InChI is InChI=1S/C27H26F2N4O3S2/c1-17-6-8-23-25(18(17)2)31-27(37-23)33(16-21-5-3-4-12-30-21)26(34)19-10-13-32(14-11-19)38(35,36)24-9-7-20(28)15-22(24)29/h3-9,12,15,19H,10-11,13-14,16H2,1-2H3. The third-order valence-electron chi connectivity index (χ3n) is 6.93. The molecule has 7 nitrogen and oxygen atoms in total. The summed E-state index contributed by atoms with van der Waals surface area (Å²) in [6.07, 6.45) is 2.20. The van der Waals surface area contributed by atoms with Gasteiger partial charge in [0.2, 0.25) is 15.9 Å². The van der Waals surface area contributed by atoms with E-state index in [2.05, 4.69) is 4.98 Å². The SMILES string of the molecule is Cc1ccc2sc(N(Cc3ccccn3)C(=O)C3CCN(S(=O)(=O)c4ccc(F)cc4F)CC3)nc2c1C. The number of aromatic nitrogens is 2. The topological polar surface area (TPSA) is 83.5 Å². The van der Waals surface area contributed by atoms with E-state index in [-0.39, 0.29) is 38.4 Å². The molecule has 2 aromatic carbocycles. The molecule has 1 aliphatic rings. The number of amides is 1. The molecule has 0 aliphatic carbocycles. The van der Waals surface area contributed by atoms with Crippen LogP contribution in [0.4, 0.5) is 13.9 Å². The van der Waals surface area contributed by atoms with E-state index in [1.807, 2.05) is 38.1 Å². The largest absolute Gasteiger partial charge is 0.282 e. The van der Waals surface area contributed by atoms with E-state index >= 15 is 0 Å². The summed E-state index contributed by atoms with van der Waals surface area (Å²) in [5.41, 5.74) is 3.73. The summed E-state index contributed by atoms with van der Waals surface area (Å²) in [4.78, 5) is 24.1. The maximum Gasteiger partial charge on any atom is 0.245 e. The minimum Gasteiger partial charge on any atom is -0.282 e. The highest BCUT2D eigenvalue weighted by atomic mass is 32.2. The molecule has 0 spiro atoms. The average molecular weight is 557 g/mol. The molecule has 0 unspecified atom stereocenters. The first kappa shape index (κ1) is 26.3. The Bertz CT molecular complexity index is 1600. The number of hydrogen-bond acceptors (Lipinski definition) is 6. The fourth-order valence-corrected chi connectivity index (χ4v) is 7.16. The number of carbonyl (C=O) groups excluding carboxylic acids is 1. The number of halogens is 2. The van der Waals surface area contributed by atoms with Gasteiger partial charge in [-0.25, -0.2) is 22.2 Å². The molecule has 3 heterocycles. The van der Waals surface area contributed by atoms with Crippen LogP contribution >= 0.6 is 11.3 Å². The van der Waals surface area contributed by atoms with Crippen molar-refractivity contribution in [1.82, 2.24) is 14.3 Å². The Morgan fingerprint density at radius 3 is 2.55 bits per heavy atom. The molecule has 11 heteroatoms. The third kappa shape index (κ3) is 5.05. The molecule has 0 radical (unpaired) electrons. The van der Waals surface area contributed by atoms with E-state index in [0.29, 0.717) is 16.9 Å². The van der Waals surface area contributed by atoms with Gasteiger partial charge in [0.15, 0.2) is 5.13 Å². The molecule has 4 aromatic rings. The van der Waals surface area contributed by atoms with Gasteiger partial charge in [-0.1, -0.05) is 23.5 Å². The number of fused-ring (bicyclic) bond motifs is 1. The molecule has 0 N–H and O–H groups in total. The van der Waals surface area contributed by atoms with Crippen molar-refractivity contribution in [2.24, 2.45) is 5.92 Å². The van der Waals surface area contributed by atoms with E-state index in [0.717, 1.165) is 37.8 Å². The van der Waals surface area contributed by atoms with Crippen molar-refractivity contribution in [3.05, 3.63) is 83.2 Å². The van der Waals surface area contributed by atoms with Crippen LogP contribution in [0.25, 0.3) is 10.2 Å². The lowest BCUT2D eigenvalue weighted by Gasteiger charge is -2.33. The quantitative estimate of drug-likeness (QED) is 0.325. The van der Waals surface area contributed by atoms with Gasteiger partial charge < -0.3 is 0 Å². The van der Waals surface area contributed by atoms with Crippen LogP contribution in [0.3, 0.4) is 0 Å². The number of hydrogen-bond donors (Lipinski definition) is 0. The molecule has 0 bridgehead atoms. The van der Waals surface area contributed by atoms with Crippen LogP contribution in [-0.2, 0) is 21.4 Å². The molecule has 1 amide bonds. The van der Waals surface area contributed by atoms with E-state index in [4.69, 9.17) is 4.98 Å². The lowest BCUT2D eigenvalue weighted by Crippen LogP contribution is -2.44. The monoisotopic (exact) mass is 556 g/mol. The first-order chi connectivity index (χ1) is 18.1. The minimum absolute atomic E-state index is 0.0468. The Morgan fingerprint density at radius 1 is 1.11 bits per heavy atom. The number of nitrogens with zero attached hydrogens (tertiary/aromatic N) is 4. The zero-order valence-electron chi connectivity index (χ0n) is 20.9. The Morgan fingerprint density at radius 2 is 1.87 bits per heavy atom. The van der Waals surface area contributed by atoms with Gasteiger partial charge in [0.05, 0.1) is 22.5 Å². The summed E-state index contributed by atoms with van der Waals surface area (Å²) in [7, 11) is -4.16. The molecule has 0 atom stereocenters. The summed E-state index contributed by atoms with van der Waals surface area (Å²) >= 11 is 1.43. The number of carbonyl (C=O) groups is 1. The van der Waals surface area contributed by atoms with E-state index < -0.39 is 32.5 Å². The predicted molar refractivity (Wildman–Crippen MR) is 142 cm³/mol. The number of aryl methyl sites for hydroxylation is 2. The highest BCUT2D eigenvalue weighted by molar-refractivity contribution is 7.89. The summed E-state index contributed by atoms with van der Waals surface area (Å²) in [6.45, 7) is 4.35. The van der Waals surface area contributed by atoms with Crippen molar-refractivity contribution >= 4 is 42.6 Å². The van der Waals surface area contributed by atoms with Crippen LogP contribution in [0, 0.1) is 31.4 Å². The summed E-state index contributed by atoms with van der Waals surface area (Å²) in [5, 5.41) is 0.563. The molecule has 0 saturated carbocycles. The fraction of sp³-hybridized carbons (Fsp3) is 0.296. The van der Waals surface area contributed by atoms with Gasteiger partial charge in [-0.05, 0) is 68.1 Å². The van der Waals surface area contributed by atoms with E-state index in [1.54, 1.807) is 17.2 Å². The number of benzene rings is 2. The summed E-state index contributed by atoms with van der Waals surface area (Å²) in [6, 6.07) is 11.9. The predicted octanol–water partition coefficient (Wildman–Crippen LogP) is 5.22. The van der Waals surface area contributed by atoms with Crippen LogP contribution < -0.4 is 4.90 Å². The van der Waals surface area contributed by atoms with Gasteiger partial charge in [-0.15, -0.1) is 0 Å². The lowest BCUT2D eigenvalue weighted by molar-refractivity contribution is -0.123. The number of sulfonamides is 1. The van der Waals surface area contributed by atoms with Crippen molar-refractivity contribution in [2.45, 2.75) is 38.1 Å². The number of pyridine rings is 1. The van der Waals surface area contributed by atoms with Gasteiger partial charge in [0.25, 0.3) is 0 Å². The Balaban J connectivity index is 1.39. The molecule has 1 aliphatic heterocycles. The Labute approximate surface area is 223 Å². The molecule has 1 fully saturated rings. The summed E-state index contributed by atoms with van der Waals surface area (Å²) in [5.74, 6) is -2.59. The zero-order valence-corrected chi connectivity index (χ0v) is 22.5. The van der Waals surface area contributed by atoms with Crippen molar-refractivity contribution < 1.29 is 22.0 Å². The third-order valence-corrected chi connectivity index (χ3v) is 9.91. The van der Waals surface area contributed by atoms with Crippen molar-refractivity contribution in [3.8, 4) is 0 Å². The molecular formula is C27H26F2N4O3S2. The first-order valence-electron chi connectivity index (χ1n) is 12.2. The first-order valence-corrected chi connectivity index (χ1v) is 14.4. The average Bonchev–Trinajstić information content (AvgIpc) is 3.34. The Kier molecular flexibility index (Phi) is 7.26. The fourth-order valence-electron chi connectivity index (χ4n) is 4.61. The van der Waals surface area contributed by atoms with Gasteiger partial charge in [-0.3, -0.25) is 14.7 Å². The van der Waals surface area contributed by atoms with Gasteiger partial charge in [0, 0.05) is 31.3 Å². The second kappa shape index (κ2) is 10.5. The Hall–Kier alpha value is -3.28. The molecular weight excluding hydrogens is 530 g/mol. The smallest absolute Gasteiger partial charge is 0.245 e.